The Kier molecular flexibility index (Phi) is 11.3. The minimum absolute atomic E-state index is 1.08. The van der Waals surface area contributed by atoms with E-state index in [1.54, 1.807) is 0 Å². The van der Waals surface area contributed by atoms with Crippen molar-refractivity contribution >= 4 is 0 Å². The molecule has 0 amide bonds. The highest BCUT2D eigenvalue weighted by Crippen LogP contribution is 2.39. The van der Waals surface area contributed by atoms with Crippen molar-refractivity contribution < 1.29 is 4.48 Å². The zero-order valence-electron chi connectivity index (χ0n) is 18.5. The Morgan fingerprint density at radius 1 is 0.577 bits per heavy atom. The summed E-state index contributed by atoms with van der Waals surface area (Å²) in [6, 6.07) is 0. The van der Waals surface area contributed by atoms with Gasteiger partial charge in [0, 0.05) is 11.8 Å². The first-order valence-electron chi connectivity index (χ1n) is 12.6. The van der Waals surface area contributed by atoms with Crippen LogP contribution in [0.25, 0.3) is 0 Å². The van der Waals surface area contributed by atoms with E-state index in [0.29, 0.717) is 0 Å². The summed E-state index contributed by atoms with van der Waals surface area (Å²) in [7, 11) is 2.56. The van der Waals surface area contributed by atoms with Gasteiger partial charge in [-0.3, -0.25) is 0 Å². The van der Waals surface area contributed by atoms with Crippen LogP contribution < -0.4 is 0 Å². The fourth-order valence-corrected chi connectivity index (χ4v) is 5.84. The van der Waals surface area contributed by atoms with Crippen LogP contribution in [0.4, 0.5) is 0 Å². The van der Waals surface area contributed by atoms with E-state index in [1.165, 1.54) is 140 Å². The molecule has 0 aromatic heterocycles. The molecule has 1 aliphatic carbocycles. The Labute approximate surface area is 165 Å². The number of quaternary nitrogens is 1. The van der Waals surface area contributed by atoms with Gasteiger partial charge in [-0.25, -0.2) is 0 Å². The lowest BCUT2D eigenvalue weighted by Gasteiger charge is -2.30. The number of nitrogens with zero attached hydrogens (tertiary/aromatic N) is 1. The van der Waals surface area contributed by atoms with Crippen molar-refractivity contribution in [2.45, 2.75) is 122 Å². The van der Waals surface area contributed by atoms with E-state index in [9.17, 15) is 0 Å². The number of rotatable bonds is 15. The molecule has 1 saturated carbocycles. The van der Waals surface area contributed by atoms with Crippen LogP contribution in [-0.4, -0.2) is 31.2 Å². The molecular formula is C25H50N+. The average Bonchev–Trinajstić information content (AvgIpc) is 2.98. The molecule has 1 heteroatoms. The van der Waals surface area contributed by atoms with Crippen molar-refractivity contribution in [1.82, 2.24) is 0 Å². The number of unbranched alkanes of at least 4 members (excludes halogenated alkanes) is 13. The topological polar surface area (TPSA) is 0 Å². The van der Waals surface area contributed by atoms with Crippen LogP contribution in [0.2, 0.25) is 0 Å². The van der Waals surface area contributed by atoms with Gasteiger partial charge in [-0.05, 0) is 25.7 Å². The summed E-state index contributed by atoms with van der Waals surface area (Å²) >= 11 is 0. The second-order valence-corrected chi connectivity index (χ2v) is 10.1. The van der Waals surface area contributed by atoms with Crippen LogP contribution in [0.15, 0.2) is 0 Å². The van der Waals surface area contributed by atoms with E-state index < -0.39 is 0 Å². The van der Waals surface area contributed by atoms with Gasteiger partial charge in [-0.1, -0.05) is 96.8 Å². The van der Waals surface area contributed by atoms with Gasteiger partial charge in [0.2, 0.25) is 0 Å². The van der Waals surface area contributed by atoms with Crippen LogP contribution in [0, 0.1) is 11.8 Å². The van der Waals surface area contributed by atoms with Gasteiger partial charge in [-0.2, -0.15) is 0 Å². The Morgan fingerprint density at radius 3 is 1.38 bits per heavy atom. The molecule has 0 N–H and O–H groups in total. The third-order valence-corrected chi connectivity index (χ3v) is 7.47. The molecule has 3 atom stereocenters. The Bertz CT molecular complexity index is 323. The largest absolute Gasteiger partial charge is 0.326 e. The molecular weight excluding hydrogens is 314 g/mol. The minimum Gasteiger partial charge on any atom is -0.326 e. The number of likely N-dealkylation sites (tertiary alicyclic amines) is 1. The lowest BCUT2D eigenvalue weighted by atomic mass is 9.82. The molecule has 26 heavy (non-hydrogen) atoms. The van der Waals surface area contributed by atoms with E-state index >= 15 is 0 Å². The zero-order valence-corrected chi connectivity index (χ0v) is 18.5. The van der Waals surface area contributed by atoms with E-state index in [2.05, 4.69) is 14.0 Å². The molecule has 2 aliphatic rings. The monoisotopic (exact) mass is 364 g/mol. The van der Waals surface area contributed by atoms with Crippen molar-refractivity contribution in [1.29, 1.82) is 0 Å². The fraction of sp³-hybridized carbons (Fsp3) is 1.00. The molecule has 154 valence electrons. The van der Waals surface area contributed by atoms with Gasteiger partial charge >= 0.3 is 0 Å². The van der Waals surface area contributed by atoms with Crippen molar-refractivity contribution in [2.24, 2.45) is 11.8 Å². The Morgan fingerprint density at radius 2 is 0.962 bits per heavy atom. The SMILES string of the molecule is CCCCCCCCCCCCCCCC[N+]1(C)C[C@H]2CCCC[C@H]2C1. The number of hydrogen-bond donors (Lipinski definition) is 0. The predicted molar refractivity (Wildman–Crippen MR) is 117 cm³/mol. The van der Waals surface area contributed by atoms with Crippen LogP contribution in [0.3, 0.4) is 0 Å². The summed E-state index contributed by atoms with van der Waals surface area (Å²) in [5.74, 6) is 2.17. The third kappa shape index (κ3) is 8.77. The third-order valence-electron chi connectivity index (χ3n) is 7.47. The van der Waals surface area contributed by atoms with Gasteiger partial charge in [-0.15, -0.1) is 0 Å². The summed E-state index contributed by atoms with van der Waals surface area (Å²) in [5, 5.41) is 0. The molecule has 1 saturated heterocycles. The number of fused-ring (bicyclic) bond motifs is 1. The first kappa shape index (κ1) is 22.3. The molecule has 0 radical (unpaired) electrons. The van der Waals surface area contributed by atoms with Gasteiger partial charge in [0.1, 0.15) is 0 Å². The quantitative estimate of drug-likeness (QED) is 0.206. The van der Waals surface area contributed by atoms with Gasteiger partial charge in [0.25, 0.3) is 0 Å². The first-order valence-corrected chi connectivity index (χ1v) is 12.6. The summed E-state index contributed by atoms with van der Waals surface area (Å²) in [6.07, 6.45) is 26.8. The normalized spacial score (nSPS) is 28.4. The lowest BCUT2D eigenvalue weighted by Crippen LogP contribution is -2.42. The number of hydrogen-bond acceptors (Lipinski definition) is 0. The zero-order chi connectivity index (χ0) is 18.5. The Hall–Kier alpha value is -0.0400. The molecule has 1 unspecified atom stereocenters. The highest BCUT2D eigenvalue weighted by atomic mass is 15.3. The predicted octanol–water partition coefficient (Wildman–Crippen LogP) is 7.73. The van der Waals surface area contributed by atoms with Gasteiger partial charge < -0.3 is 4.48 Å². The minimum atomic E-state index is 1.08. The maximum atomic E-state index is 2.56. The lowest BCUT2D eigenvalue weighted by molar-refractivity contribution is -0.900. The van der Waals surface area contributed by atoms with E-state index in [-0.39, 0.29) is 0 Å². The van der Waals surface area contributed by atoms with Crippen LogP contribution in [0.5, 0.6) is 0 Å². The Balaban J connectivity index is 1.34. The molecule has 2 rings (SSSR count). The van der Waals surface area contributed by atoms with Gasteiger partial charge in [0.15, 0.2) is 0 Å². The highest BCUT2D eigenvalue weighted by molar-refractivity contribution is 4.80. The molecule has 0 spiro atoms. The second-order valence-electron chi connectivity index (χ2n) is 10.1. The fourth-order valence-electron chi connectivity index (χ4n) is 5.84. The highest BCUT2D eigenvalue weighted by Gasteiger charge is 2.42. The van der Waals surface area contributed by atoms with Crippen molar-refractivity contribution in [3.63, 3.8) is 0 Å². The second kappa shape index (κ2) is 13.2. The summed E-state index contributed by atoms with van der Waals surface area (Å²) in [5.41, 5.74) is 0. The molecule has 2 fully saturated rings. The summed E-state index contributed by atoms with van der Waals surface area (Å²) in [4.78, 5) is 0. The first-order chi connectivity index (χ1) is 12.7. The van der Waals surface area contributed by atoms with E-state index in [1.807, 2.05) is 0 Å². The van der Waals surface area contributed by atoms with E-state index in [0.717, 1.165) is 11.8 Å². The average molecular weight is 365 g/mol. The molecule has 1 nitrogen and oxygen atoms in total. The molecule has 0 bridgehead atoms. The standard InChI is InChI=1S/C25H50N/c1-3-4-5-6-7-8-9-10-11-12-13-14-15-18-21-26(2)22-24-19-16-17-20-25(24)23-26/h24-25H,3-23H2,1-2H3/q+1/t24-,25+,26?. The van der Waals surface area contributed by atoms with E-state index in [4.69, 9.17) is 0 Å². The maximum Gasteiger partial charge on any atom is 0.0818 e. The van der Waals surface area contributed by atoms with Gasteiger partial charge in [0.05, 0.1) is 26.7 Å². The summed E-state index contributed by atoms with van der Waals surface area (Å²) in [6.45, 7) is 6.77. The molecule has 1 heterocycles. The van der Waals surface area contributed by atoms with Crippen molar-refractivity contribution in [2.75, 3.05) is 26.7 Å². The van der Waals surface area contributed by atoms with Crippen molar-refractivity contribution in [3.8, 4) is 0 Å². The smallest absolute Gasteiger partial charge is 0.0818 e. The maximum absolute atomic E-state index is 2.56. The van der Waals surface area contributed by atoms with Crippen LogP contribution in [-0.2, 0) is 0 Å². The van der Waals surface area contributed by atoms with Crippen molar-refractivity contribution in [3.05, 3.63) is 0 Å². The van der Waals surface area contributed by atoms with Crippen LogP contribution in [0.1, 0.15) is 122 Å². The molecule has 1 aliphatic heterocycles. The summed E-state index contributed by atoms with van der Waals surface area (Å²) < 4.78 is 1.41. The molecule has 0 aromatic rings. The molecule has 0 aromatic carbocycles. The van der Waals surface area contributed by atoms with Crippen LogP contribution >= 0.6 is 0 Å².